The van der Waals surface area contributed by atoms with Gasteiger partial charge in [-0.25, -0.2) is 4.99 Å². The largest absolute Gasteiger partial charge is 0.382 e. The molecule has 0 spiro atoms. The third-order valence-corrected chi connectivity index (χ3v) is 3.68. The number of aryl methyl sites for hydroxylation is 1. The van der Waals surface area contributed by atoms with E-state index in [2.05, 4.69) is 25.7 Å². The van der Waals surface area contributed by atoms with Crippen molar-refractivity contribution in [3.8, 4) is 0 Å². The van der Waals surface area contributed by atoms with Crippen LogP contribution in [0.5, 0.6) is 0 Å². The molecule has 0 bridgehead atoms. The Hall–Kier alpha value is -1.68. The van der Waals surface area contributed by atoms with Gasteiger partial charge in [0.25, 0.3) is 0 Å². The van der Waals surface area contributed by atoms with E-state index in [4.69, 9.17) is 4.74 Å². The second-order valence-electron chi connectivity index (χ2n) is 5.59. The van der Waals surface area contributed by atoms with E-state index in [0.717, 1.165) is 56.5 Å². The molecule has 0 saturated carbocycles. The molecule has 2 rings (SSSR count). The average molecular weight is 472 g/mol. The molecular formula is C18H29IN6O. The third kappa shape index (κ3) is 8.61. The molecule has 144 valence electrons. The van der Waals surface area contributed by atoms with Gasteiger partial charge in [-0.1, -0.05) is 6.07 Å². The lowest BCUT2D eigenvalue weighted by Crippen LogP contribution is -2.39. The number of pyridine rings is 1. The van der Waals surface area contributed by atoms with Crippen LogP contribution in [-0.4, -0.2) is 47.0 Å². The number of halogens is 1. The minimum atomic E-state index is 0. The minimum absolute atomic E-state index is 0. The van der Waals surface area contributed by atoms with E-state index in [9.17, 15) is 0 Å². The fourth-order valence-electron chi connectivity index (χ4n) is 2.27. The normalized spacial score (nSPS) is 11.1. The van der Waals surface area contributed by atoms with Crippen LogP contribution in [0.25, 0.3) is 0 Å². The first-order valence-electron chi connectivity index (χ1n) is 8.76. The van der Waals surface area contributed by atoms with Crippen molar-refractivity contribution in [2.75, 3.05) is 26.3 Å². The van der Waals surface area contributed by atoms with Crippen molar-refractivity contribution < 1.29 is 4.74 Å². The first kappa shape index (κ1) is 22.4. The summed E-state index contributed by atoms with van der Waals surface area (Å²) in [6.07, 6.45) is 5.40. The van der Waals surface area contributed by atoms with Crippen molar-refractivity contribution >= 4 is 29.9 Å². The zero-order chi connectivity index (χ0) is 17.7. The maximum atomic E-state index is 5.37. The van der Waals surface area contributed by atoms with Gasteiger partial charge in [-0.15, -0.1) is 24.0 Å². The molecule has 0 amide bonds. The van der Waals surface area contributed by atoms with Gasteiger partial charge in [0.2, 0.25) is 0 Å². The highest BCUT2D eigenvalue weighted by Gasteiger charge is 2.02. The van der Waals surface area contributed by atoms with Gasteiger partial charge in [0, 0.05) is 57.9 Å². The highest BCUT2D eigenvalue weighted by Crippen LogP contribution is 1.98. The fraction of sp³-hybridized carbons (Fsp3) is 0.500. The van der Waals surface area contributed by atoms with Gasteiger partial charge in [0.05, 0.1) is 12.2 Å². The van der Waals surface area contributed by atoms with Crippen LogP contribution in [0.2, 0.25) is 0 Å². The van der Waals surface area contributed by atoms with Crippen molar-refractivity contribution in [1.82, 2.24) is 25.4 Å². The molecule has 0 atom stereocenters. The van der Waals surface area contributed by atoms with Crippen molar-refractivity contribution in [2.45, 2.75) is 26.3 Å². The van der Waals surface area contributed by atoms with Gasteiger partial charge in [0.1, 0.15) is 0 Å². The lowest BCUT2D eigenvalue weighted by atomic mass is 10.3. The maximum absolute atomic E-state index is 5.37. The summed E-state index contributed by atoms with van der Waals surface area (Å²) in [5, 5.41) is 10.9. The number of hydrogen-bond acceptors (Lipinski definition) is 4. The molecule has 26 heavy (non-hydrogen) atoms. The monoisotopic (exact) mass is 472 g/mol. The summed E-state index contributed by atoms with van der Waals surface area (Å²) in [5.41, 5.74) is 2.14. The second kappa shape index (κ2) is 13.5. The Morgan fingerprint density at radius 3 is 2.73 bits per heavy atom. The Kier molecular flexibility index (Phi) is 11.6. The summed E-state index contributed by atoms with van der Waals surface area (Å²) < 4.78 is 7.21. The molecule has 0 aliphatic rings. The average Bonchev–Trinajstić information content (AvgIpc) is 3.05. The molecule has 0 radical (unpaired) electrons. The molecule has 7 nitrogen and oxygen atoms in total. The summed E-state index contributed by atoms with van der Waals surface area (Å²) >= 11 is 0. The van der Waals surface area contributed by atoms with E-state index in [-0.39, 0.29) is 24.0 Å². The first-order valence-corrected chi connectivity index (χ1v) is 8.76. The Balaban J connectivity index is 0.00000338. The van der Waals surface area contributed by atoms with E-state index in [0.29, 0.717) is 6.54 Å². The summed E-state index contributed by atoms with van der Waals surface area (Å²) in [7, 11) is 1.93. The molecule has 0 unspecified atom stereocenters. The number of nitrogens with zero attached hydrogens (tertiary/aromatic N) is 4. The number of ether oxygens (including phenoxy) is 1. The van der Waals surface area contributed by atoms with Crippen molar-refractivity contribution in [2.24, 2.45) is 12.0 Å². The van der Waals surface area contributed by atoms with E-state index in [1.54, 1.807) is 6.20 Å². The number of nitrogens with one attached hydrogen (secondary N) is 2. The predicted octanol–water partition coefficient (Wildman–Crippen LogP) is 2.14. The molecule has 0 fully saturated rings. The first-order chi connectivity index (χ1) is 12.3. The van der Waals surface area contributed by atoms with Gasteiger partial charge in [-0.2, -0.15) is 5.10 Å². The molecule has 2 heterocycles. The zero-order valence-corrected chi connectivity index (χ0v) is 17.8. The van der Waals surface area contributed by atoms with Gasteiger partial charge < -0.3 is 15.4 Å². The molecule has 0 aromatic carbocycles. The number of rotatable bonds is 10. The van der Waals surface area contributed by atoms with Crippen LogP contribution in [0.15, 0.2) is 41.7 Å². The van der Waals surface area contributed by atoms with E-state index in [1.807, 2.05) is 49.1 Å². The predicted molar refractivity (Wildman–Crippen MR) is 115 cm³/mol. The smallest absolute Gasteiger partial charge is 0.191 e. The summed E-state index contributed by atoms with van der Waals surface area (Å²) in [6.45, 7) is 5.70. The lowest BCUT2D eigenvalue weighted by Gasteiger charge is -2.12. The van der Waals surface area contributed by atoms with Crippen LogP contribution in [0.4, 0.5) is 0 Å². The second-order valence-corrected chi connectivity index (χ2v) is 5.59. The van der Waals surface area contributed by atoms with E-state index in [1.165, 1.54) is 0 Å². The molecule has 2 aromatic rings. The molecule has 2 aromatic heterocycles. The minimum Gasteiger partial charge on any atom is -0.382 e. The van der Waals surface area contributed by atoms with Gasteiger partial charge in [-0.05, 0) is 31.5 Å². The number of guanidine groups is 1. The van der Waals surface area contributed by atoms with E-state index < -0.39 is 0 Å². The van der Waals surface area contributed by atoms with E-state index >= 15 is 0 Å². The van der Waals surface area contributed by atoms with Gasteiger partial charge in [-0.3, -0.25) is 9.67 Å². The standard InChI is InChI=1S/C18H28N6O.HI/c1-3-25-14-6-11-20-18(22-15-17-9-13-23-24(17)2)21-12-8-16-7-4-5-10-19-16;/h4-5,7,9-10,13H,3,6,8,11-12,14-15H2,1-2H3,(H2,20,21,22);1H. The molecule has 0 saturated heterocycles. The number of aromatic nitrogens is 3. The van der Waals surface area contributed by atoms with Crippen molar-refractivity contribution in [1.29, 1.82) is 0 Å². The van der Waals surface area contributed by atoms with Crippen LogP contribution in [-0.2, 0) is 24.8 Å². The highest BCUT2D eigenvalue weighted by atomic mass is 127. The van der Waals surface area contributed by atoms with Crippen LogP contribution in [0.3, 0.4) is 0 Å². The van der Waals surface area contributed by atoms with Gasteiger partial charge >= 0.3 is 0 Å². The van der Waals surface area contributed by atoms with Crippen LogP contribution in [0.1, 0.15) is 24.7 Å². The molecule has 0 aliphatic carbocycles. The topological polar surface area (TPSA) is 76.4 Å². The number of aliphatic imine (C=N–C) groups is 1. The molecule has 0 aliphatic heterocycles. The molecule has 8 heteroatoms. The van der Waals surface area contributed by atoms with Crippen LogP contribution in [0, 0.1) is 0 Å². The number of hydrogen-bond donors (Lipinski definition) is 2. The zero-order valence-electron chi connectivity index (χ0n) is 15.5. The van der Waals surface area contributed by atoms with Crippen LogP contribution < -0.4 is 10.6 Å². The third-order valence-electron chi connectivity index (χ3n) is 3.68. The Labute approximate surface area is 172 Å². The summed E-state index contributed by atoms with van der Waals surface area (Å²) in [4.78, 5) is 8.99. The Morgan fingerprint density at radius 2 is 2.04 bits per heavy atom. The molecule has 2 N–H and O–H groups in total. The Bertz CT molecular complexity index is 632. The van der Waals surface area contributed by atoms with Crippen LogP contribution >= 0.6 is 24.0 Å². The quantitative estimate of drug-likeness (QED) is 0.240. The molecular weight excluding hydrogens is 443 g/mol. The summed E-state index contributed by atoms with van der Waals surface area (Å²) in [6, 6.07) is 7.94. The fourth-order valence-corrected chi connectivity index (χ4v) is 2.27. The highest BCUT2D eigenvalue weighted by molar-refractivity contribution is 14.0. The lowest BCUT2D eigenvalue weighted by molar-refractivity contribution is 0.145. The van der Waals surface area contributed by atoms with Gasteiger partial charge in [0.15, 0.2) is 5.96 Å². The van der Waals surface area contributed by atoms with Crippen molar-refractivity contribution in [3.63, 3.8) is 0 Å². The maximum Gasteiger partial charge on any atom is 0.191 e. The SMILES string of the molecule is CCOCCCNC(=NCc1ccnn1C)NCCc1ccccn1.I. The van der Waals surface area contributed by atoms with Crippen molar-refractivity contribution in [3.05, 3.63) is 48.0 Å². The Morgan fingerprint density at radius 1 is 1.19 bits per heavy atom. The summed E-state index contributed by atoms with van der Waals surface area (Å²) in [5.74, 6) is 0.800.